The second-order valence-electron chi connectivity index (χ2n) is 8.07. The molecule has 0 radical (unpaired) electrons. The standard InChI is InChI=1S/C24H22ClNO5/c1-13-6-2-5-9-18(13)26-19(27)12-31-24(30)17-11-10-16-20(21(17)25)23(29)15-8-4-3-7-14(15)22(16)28/h3-4,7-8,10-11,13,18H,2,5-6,9,12H2,1H3,(H,26,27)/t13-,18+/m1/s1. The molecule has 6 nitrogen and oxygen atoms in total. The number of carbonyl (C=O) groups is 4. The molecule has 2 aromatic carbocycles. The quantitative estimate of drug-likeness (QED) is 0.621. The van der Waals surface area contributed by atoms with Crippen LogP contribution in [0.1, 0.15) is 74.8 Å². The molecule has 2 atom stereocenters. The number of benzene rings is 2. The monoisotopic (exact) mass is 439 g/mol. The summed E-state index contributed by atoms with van der Waals surface area (Å²) in [5, 5.41) is 2.77. The second kappa shape index (κ2) is 8.63. The van der Waals surface area contributed by atoms with E-state index in [9.17, 15) is 19.2 Å². The highest BCUT2D eigenvalue weighted by atomic mass is 35.5. The maximum Gasteiger partial charge on any atom is 0.340 e. The Bertz CT molecular complexity index is 1090. The summed E-state index contributed by atoms with van der Waals surface area (Å²) in [5.41, 5.74) is 0.628. The van der Waals surface area contributed by atoms with Crippen molar-refractivity contribution in [3.8, 4) is 0 Å². The van der Waals surface area contributed by atoms with Crippen LogP contribution in [-0.4, -0.2) is 36.1 Å². The van der Waals surface area contributed by atoms with Gasteiger partial charge in [0.05, 0.1) is 16.1 Å². The number of fused-ring (bicyclic) bond motifs is 2. The lowest BCUT2D eigenvalue weighted by Crippen LogP contribution is -2.42. The van der Waals surface area contributed by atoms with Crippen LogP contribution in [-0.2, 0) is 9.53 Å². The number of hydrogen-bond acceptors (Lipinski definition) is 5. The molecule has 0 heterocycles. The van der Waals surface area contributed by atoms with Gasteiger partial charge in [-0.25, -0.2) is 4.79 Å². The fraction of sp³-hybridized carbons (Fsp3) is 0.333. The number of nitrogens with one attached hydrogen (secondary N) is 1. The van der Waals surface area contributed by atoms with Crippen LogP contribution in [0.4, 0.5) is 0 Å². The minimum Gasteiger partial charge on any atom is -0.452 e. The predicted octanol–water partition coefficient (Wildman–Crippen LogP) is 3.97. The van der Waals surface area contributed by atoms with E-state index in [4.69, 9.17) is 16.3 Å². The first-order valence-corrected chi connectivity index (χ1v) is 10.7. The number of ether oxygens (including phenoxy) is 1. The molecule has 1 saturated carbocycles. The largest absolute Gasteiger partial charge is 0.452 e. The van der Waals surface area contributed by atoms with Crippen molar-refractivity contribution in [3.63, 3.8) is 0 Å². The zero-order chi connectivity index (χ0) is 22.1. The highest BCUT2D eigenvalue weighted by Gasteiger charge is 2.33. The summed E-state index contributed by atoms with van der Waals surface area (Å²) in [6.07, 6.45) is 4.20. The van der Waals surface area contributed by atoms with Crippen LogP contribution in [0.5, 0.6) is 0 Å². The van der Waals surface area contributed by atoms with Gasteiger partial charge in [0, 0.05) is 22.7 Å². The van der Waals surface area contributed by atoms with Gasteiger partial charge in [0.2, 0.25) is 0 Å². The van der Waals surface area contributed by atoms with Gasteiger partial charge in [-0.15, -0.1) is 0 Å². The van der Waals surface area contributed by atoms with E-state index in [1.54, 1.807) is 24.3 Å². The minimum absolute atomic E-state index is 0.0136. The molecule has 1 amide bonds. The lowest BCUT2D eigenvalue weighted by molar-refractivity contribution is -0.125. The van der Waals surface area contributed by atoms with E-state index in [0.29, 0.717) is 11.5 Å². The highest BCUT2D eigenvalue weighted by Crippen LogP contribution is 2.34. The lowest BCUT2D eigenvalue weighted by atomic mass is 9.83. The van der Waals surface area contributed by atoms with Gasteiger partial charge in [-0.2, -0.15) is 0 Å². The number of esters is 1. The van der Waals surface area contributed by atoms with Crippen LogP contribution in [0.25, 0.3) is 0 Å². The first-order valence-electron chi connectivity index (χ1n) is 10.4. The van der Waals surface area contributed by atoms with Gasteiger partial charge in [0.1, 0.15) is 0 Å². The molecule has 7 heteroatoms. The van der Waals surface area contributed by atoms with Crippen LogP contribution < -0.4 is 5.32 Å². The first-order chi connectivity index (χ1) is 14.9. The number of rotatable bonds is 4. The maximum absolute atomic E-state index is 12.9. The molecule has 1 fully saturated rings. The third-order valence-electron chi connectivity index (χ3n) is 6.04. The Morgan fingerprint density at radius 1 is 1.00 bits per heavy atom. The zero-order valence-electron chi connectivity index (χ0n) is 17.1. The van der Waals surface area contributed by atoms with Gasteiger partial charge in [0.25, 0.3) is 5.91 Å². The zero-order valence-corrected chi connectivity index (χ0v) is 17.8. The molecular weight excluding hydrogens is 418 g/mol. The summed E-state index contributed by atoms with van der Waals surface area (Å²) in [4.78, 5) is 50.4. The number of carbonyl (C=O) groups excluding carboxylic acids is 4. The average molecular weight is 440 g/mol. The van der Waals surface area contributed by atoms with Gasteiger partial charge < -0.3 is 10.1 Å². The Morgan fingerprint density at radius 3 is 2.39 bits per heavy atom. The lowest BCUT2D eigenvalue weighted by Gasteiger charge is -2.29. The van der Waals surface area contributed by atoms with Crippen molar-refractivity contribution in [3.05, 3.63) is 69.2 Å². The molecule has 4 rings (SSSR count). The van der Waals surface area contributed by atoms with Crippen LogP contribution >= 0.6 is 11.6 Å². The number of halogens is 1. The van der Waals surface area contributed by atoms with Gasteiger partial charge in [0.15, 0.2) is 18.2 Å². The Balaban J connectivity index is 1.49. The third-order valence-corrected chi connectivity index (χ3v) is 6.43. The molecular formula is C24H22ClNO5. The van der Waals surface area contributed by atoms with E-state index in [1.807, 2.05) is 0 Å². The van der Waals surface area contributed by atoms with Gasteiger partial charge in [-0.3, -0.25) is 14.4 Å². The number of ketones is 2. The van der Waals surface area contributed by atoms with Crippen LogP contribution in [0.3, 0.4) is 0 Å². The fourth-order valence-corrected chi connectivity index (χ4v) is 4.62. The molecule has 2 aliphatic rings. The topological polar surface area (TPSA) is 89.5 Å². The first kappa shape index (κ1) is 21.2. The summed E-state index contributed by atoms with van der Waals surface area (Å²) in [7, 11) is 0. The molecule has 0 saturated heterocycles. The van der Waals surface area contributed by atoms with E-state index in [2.05, 4.69) is 12.2 Å². The molecule has 0 bridgehead atoms. The van der Waals surface area contributed by atoms with E-state index in [0.717, 1.165) is 25.7 Å². The average Bonchev–Trinajstić information content (AvgIpc) is 2.77. The van der Waals surface area contributed by atoms with Crippen molar-refractivity contribution in [1.82, 2.24) is 5.32 Å². The minimum atomic E-state index is -0.821. The number of hydrogen-bond donors (Lipinski definition) is 1. The van der Waals surface area contributed by atoms with Crippen molar-refractivity contribution in [2.45, 2.75) is 38.6 Å². The van der Waals surface area contributed by atoms with E-state index in [1.165, 1.54) is 12.1 Å². The summed E-state index contributed by atoms with van der Waals surface area (Å²) in [6, 6.07) is 9.31. The smallest absolute Gasteiger partial charge is 0.340 e. The summed E-state index contributed by atoms with van der Waals surface area (Å²) in [6.45, 7) is 1.66. The summed E-state index contributed by atoms with van der Waals surface area (Å²) < 4.78 is 5.14. The molecule has 160 valence electrons. The highest BCUT2D eigenvalue weighted by molar-refractivity contribution is 6.41. The molecule has 0 spiro atoms. The van der Waals surface area contributed by atoms with E-state index < -0.39 is 18.4 Å². The Hall–Kier alpha value is -2.99. The summed E-state index contributed by atoms with van der Waals surface area (Å²) in [5.74, 6) is -1.56. The predicted molar refractivity (Wildman–Crippen MR) is 115 cm³/mol. The Morgan fingerprint density at radius 2 is 1.68 bits per heavy atom. The summed E-state index contributed by atoms with van der Waals surface area (Å²) >= 11 is 6.36. The molecule has 0 aliphatic heterocycles. The van der Waals surface area contributed by atoms with Crippen molar-refractivity contribution < 1.29 is 23.9 Å². The SMILES string of the molecule is C[C@@H]1CCCC[C@@H]1NC(=O)COC(=O)c1ccc2c(c1Cl)C(=O)c1ccccc1C2=O. The van der Waals surface area contributed by atoms with Gasteiger partial charge >= 0.3 is 5.97 Å². The van der Waals surface area contributed by atoms with Gasteiger partial charge in [-0.1, -0.05) is 55.6 Å². The fourth-order valence-electron chi connectivity index (χ4n) is 4.29. The van der Waals surface area contributed by atoms with Crippen LogP contribution in [0, 0.1) is 5.92 Å². The molecule has 2 aromatic rings. The molecule has 31 heavy (non-hydrogen) atoms. The second-order valence-corrected chi connectivity index (χ2v) is 8.44. The maximum atomic E-state index is 12.9. The molecule has 0 aromatic heterocycles. The third kappa shape index (κ3) is 4.00. The molecule has 0 unspecified atom stereocenters. The Labute approximate surface area is 184 Å². The van der Waals surface area contributed by atoms with Crippen molar-refractivity contribution in [2.24, 2.45) is 5.92 Å². The normalized spacial score (nSPS) is 19.9. The van der Waals surface area contributed by atoms with E-state index >= 15 is 0 Å². The van der Waals surface area contributed by atoms with Crippen LogP contribution in [0.15, 0.2) is 36.4 Å². The van der Waals surface area contributed by atoms with Crippen molar-refractivity contribution in [2.75, 3.05) is 6.61 Å². The molecule has 2 aliphatic carbocycles. The van der Waals surface area contributed by atoms with Crippen molar-refractivity contribution >= 4 is 35.0 Å². The molecule has 1 N–H and O–H groups in total. The van der Waals surface area contributed by atoms with Crippen LogP contribution in [0.2, 0.25) is 5.02 Å². The van der Waals surface area contributed by atoms with Gasteiger partial charge in [-0.05, 0) is 30.9 Å². The Kier molecular flexibility index (Phi) is 5.92. The van der Waals surface area contributed by atoms with E-state index in [-0.39, 0.29) is 45.0 Å². The van der Waals surface area contributed by atoms with Crippen molar-refractivity contribution in [1.29, 1.82) is 0 Å². The number of amides is 1.